The van der Waals surface area contributed by atoms with E-state index in [1.54, 1.807) is 24.3 Å². The fraction of sp³-hybridized carbons (Fsp3) is 0.562. The van der Waals surface area contributed by atoms with Gasteiger partial charge >= 0.3 is 0 Å². The van der Waals surface area contributed by atoms with Gasteiger partial charge in [0.05, 0.1) is 5.92 Å². The first-order valence-electron chi connectivity index (χ1n) is 7.23. The van der Waals surface area contributed by atoms with Crippen LogP contribution in [-0.4, -0.2) is 11.0 Å². The molecule has 0 saturated carbocycles. The van der Waals surface area contributed by atoms with Gasteiger partial charge in [0.25, 0.3) is 0 Å². The van der Waals surface area contributed by atoms with Gasteiger partial charge in [0.2, 0.25) is 5.91 Å². The molecule has 3 heteroatoms. The van der Waals surface area contributed by atoms with Crippen LogP contribution in [0.3, 0.4) is 0 Å². The zero-order valence-electron chi connectivity index (χ0n) is 11.8. The summed E-state index contributed by atoms with van der Waals surface area (Å²) < 4.78 is 0. The lowest BCUT2D eigenvalue weighted by molar-refractivity contribution is -0.119. The summed E-state index contributed by atoms with van der Waals surface area (Å²) in [5.41, 5.74) is 6.37. The highest BCUT2D eigenvalue weighted by atomic mass is 16.3. The lowest BCUT2D eigenvalue weighted by Crippen LogP contribution is -2.21. The first-order valence-corrected chi connectivity index (χ1v) is 7.23. The first kappa shape index (κ1) is 15.5. The topological polar surface area (TPSA) is 63.3 Å². The highest BCUT2D eigenvalue weighted by molar-refractivity contribution is 5.81. The summed E-state index contributed by atoms with van der Waals surface area (Å²) in [6.45, 7) is 2.20. The van der Waals surface area contributed by atoms with E-state index in [0.29, 0.717) is 0 Å². The minimum atomic E-state index is -0.278. The fourth-order valence-electron chi connectivity index (χ4n) is 2.31. The molecule has 3 nitrogen and oxygen atoms in total. The van der Waals surface area contributed by atoms with E-state index in [-0.39, 0.29) is 17.6 Å². The smallest absolute Gasteiger partial charge is 0.224 e. The number of primary amides is 1. The normalized spacial score (nSPS) is 12.3. The molecule has 0 spiro atoms. The molecular weight excluding hydrogens is 238 g/mol. The van der Waals surface area contributed by atoms with Crippen LogP contribution in [0.1, 0.15) is 63.4 Å². The summed E-state index contributed by atoms with van der Waals surface area (Å²) >= 11 is 0. The number of hydrogen-bond donors (Lipinski definition) is 2. The van der Waals surface area contributed by atoms with Crippen molar-refractivity contribution < 1.29 is 9.90 Å². The number of nitrogens with two attached hydrogens (primary N) is 1. The van der Waals surface area contributed by atoms with E-state index in [0.717, 1.165) is 24.8 Å². The van der Waals surface area contributed by atoms with E-state index in [2.05, 4.69) is 6.92 Å². The molecule has 0 radical (unpaired) electrons. The van der Waals surface area contributed by atoms with Gasteiger partial charge in [0.15, 0.2) is 0 Å². The minimum absolute atomic E-state index is 0.214. The van der Waals surface area contributed by atoms with Crippen LogP contribution in [0.4, 0.5) is 0 Å². The van der Waals surface area contributed by atoms with Gasteiger partial charge in [-0.1, -0.05) is 57.6 Å². The van der Waals surface area contributed by atoms with Gasteiger partial charge in [-0.15, -0.1) is 0 Å². The van der Waals surface area contributed by atoms with Crippen molar-refractivity contribution in [2.45, 2.75) is 57.8 Å². The van der Waals surface area contributed by atoms with Gasteiger partial charge in [0, 0.05) is 0 Å². The molecule has 1 amide bonds. The van der Waals surface area contributed by atoms with Crippen molar-refractivity contribution in [2.75, 3.05) is 0 Å². The second kappa shape index (κ2) is 8.57. The number of aromatic hydroxyl groups is 1. The molecule has 1 atom stereocenters. The van der Waals surface area contributed by atoms with Crippen LogP contribution in [0.25, 0.3) is 0 Å². The van der Waals surface area contributed by atoms with Crippen molar-refractivity contribution in [3.05, 3.63) is 29.8 Å². The van der Waals surface area contributed by atoms with Crippen molar-refractivity contribution in [3.8, 4) is 5.75 Å². The Bertz CT molecular complexity index is 373. The SMILES string of the molecule is CCCCCCCCC(C(N)=O)c1ccc(O)cc1. The maximum atomic E-state index is 11.5. The number of amides is 1. The molecule has 106 valence electrons. The van der Waals surface area contributed by atoms with E-state index in [1.165, 1.54) is 25.7 Å². The molecule has 0 aromatic heterocycles. The number of phenols is 1. The number of hydrogen-bond acceptors (Lipinski definition) is 2. The molecule has 0 fully saturated rings. The van der Waals surface area contributed by atoms with E-state index in [1.807, 2.05) is 0 Å². The summed E-state index contributed by atoms with van der Waals surface area (Å²) in [6, 6.07) is 6.77. The first-order chi connectivity index (χ1) is 9.15. The maximum Gasteiger partial charge on any atom is 0.224 e. The van der Waals surface area contributed by atoms with Gasteiger partial charge in [-0.3, -0.25) is 4.79 Å². The van der Waals surface area contributed by atoms with Crippen LogP contribution in [0.5, 0.6) is 5.75 Å². The fourth-order valence-corrected chi connectivity index (χ4v) is 2.31. The molecule has 0 bridgehead atoms. The minimum Gasteiger partial charge on any atom is -0.508 e. The Morgan fingerprint density at radius 2 is 1.68 bits per heavy atom. The van der Waals surface area contributed by atoms with Crippen molar-refractivity contribution in [3.63, 3.8) is 0 Å². The predicted molar refractivity (Wildman–Crippen MR) is 78.0 cm³/mol. The van der Waals surface area contributed by atoms with E-state index < -0.39 is 0 Å². The summed E-state index contributed by atoms with van der Waals surface area (Å²) in [7, 11) is 0. The second-order valence-electron chi connectivity index (χ2n) is 5.10. The Morgan fingerprint density at radius 3 is 2.26 bits per heavy atom. The molecule has 0 saturated heterocycles. The number of carbonyl (C=O) groups excluding carboxylic acids is 1. The molecule has 1 unspecified atom stereocenters. The quantitative estimate of drug-likeness (QED) is 0.667. The summed E-state index contributed by atoms with van der Waals surface area (Å²) in [5, 5.41) is 9.26. The van der Waals surface area contributed by atoms with Gasteiger partial charge in [-0.05, 0) is 24.1 Å². The second-order valence-corrected chi connectivity index (χ2v) is 5.10. The van der Waals surface area contributed by atoms with E-state index >= 15 is 0 Å². The zero-order valence-corrected chi connectivity index (χ0v) is 11.8. The van der Waals surface area contributed by atoms with Gasteiger partial charge in [0.1, 0.15) is 5.75 Å². The average Bonchev–Trinajstić information content (AvgIpc) is 2.39. The molecule has 1 aromatic rings. The van der Waals surface area contributed by atoms with Crippen LogP contribution in [0.15, 0.2) is 24.3 Å². The van der Waals surface area contributed by atoms with Crippen molar-refractivity contribution >= 4 is 5.91 Å². The number of benzene rings is 1. The Balaban J connectivity index is 2.41. The number of phenolic OH excluding ortho intramolecular Hbond substituents is 1. The Hall–Kier alpha value is -1.51. The lowest BCUT2D eigenvalue weighted by atomic mass is 9.92. The van der Waals surface area contributed by atoms with Crippen molar-refractivity contribution in [1.29, 1.82) is 0 Å². The van der Waals surface area contributed by atoms with Gasteiger partial charge in [-0.25, -0.2) is 0 Å². The Kier molecular flexibility index (Phi) is 7.01. The van der Waals surface area contributed by atoms with Crippen molar-refractivity contribution in [2.24, 2.45) is 5.73 Å². The van der Waals surface area contributed by atoms with Crippen molar-refractivity contribution in [1.82, 2.24) is 0 Å². The molecule has 0 aliphatic rings. The molecular formula is C16H25NO2. The highest BCUT2D eigenvalue weighted by Crippen LogP contribution is 2.24. The van der Waals surface area contributed by atoms with E-state index in [4.69, 9.17) is 5.73 Å². The Morgan fingerprint density at radius 1 is 1.11 bits per heavy atom. The molecule has 0 heterocycles. The standard InChI is InChI=1S/C16H25NO2/c1-2-3-4-5-6-7-8-15(16(17)19)13-9-11-14(18)12-10-13/h9-12,15,18H,2-8H2,1H3,(H2,17,19). The molecule has 0 aliphatic carbocycles. The zero-order chi connectivity index (χ0) is 14.1. The third kappa shape index (κ3) is 5.77. The third-order valence-corrected chi connectivity index (χ3v) is 3.49. The lowest BCUT2D eigenvalue weighted by Gasteiger charge is -2.13. The molecule has 1 rings (SSSR count). The summed E-state index contributed by atoms with van der Waals surface area (Å²) in [5.74, 6) is -0.294. The molecule has 1 aromatic carbocycles. The summed E-state index contributed by atoms with van der Waals surface area (Å²) in [6.07, 6.45) is 8.02. The third-order valence-electron chi connectivity index (χ3n) is 3.49. The summed E-state index contributed by atoms with van der Waals surface area (Å²) in [4.78, 5) is 11.5. The highest BCUT2D eigenvalue weighted by Gasteiger charge is 2.17. The average molecular weight is 263 g/mol. The Labute approximate surface area is 115 Å². The maximum absolute atomic E-state index is 11.5. The largest absolute Gasteiger partial charge is 0.508 e. The molecule has 3 N–H and O–H groups in total. The van der Waals surface area contributed by atoms with Crippen LogP contribution in [-0.2, 0) is 4.79 Å². The van der Waals surface area contributed by atoms with Crippen LogP contribution >= 0.6 is 0 Å². The molecule has 0 aliphatic heterocycles. The van der Waals surface area contributed by atoms with Crippen LogP contribution in [0, 0.1) is 0 Å². The monoisotopic (exact) mass is 263 g/mol. The number of carbonyl (C=O) groups is 1. The predicted octanol–water partition coefficient (Wildman–Crippen LogP) is 3.71. The van der Waals surface area contributed by atoms with Gasteiger partial charge in [-0.2, -0.15) is 0 Å². The number of unbranched alkanes of at least 4 members (excludes halogenated alkanes) is 5. The van der Waals surface area contributed by atoms with E-state index in [9.17, 15) is 9.90 Å². The van der Waals surface area contributed by atoms with Crippen LogP contribution < -0.4 is 5.73 Å². The van der Waals surface area contributed by atoms with Gasteiger partial charge < -0.3 is 10.8 Å². The molecule has 19 heavy (non-hydrogen) atoms. The number of rotatable bonds is 9. The van der Waals surface area contributed by atoms with Crippen LogP contribution in [0.2, 0.25) is 0 Å².